The first kappa shape index (κ1) is 26.2. The van der Waals surface area contributed by atoms with Crippen LogP contribution in [0.2, 0.25) is 0 Å². The van der Waals surface area contributed by atoms with Gasteiger partial charge >= 0.3 is 6.03 Å². The van der Waals surface area contributed by atoms with E-state index in [2.05, 4.69) is 11.2 Å². The Kier molecular flexibility index (Phi) is 8.41. The molecular weight excluding hydrogens is 473 g/mol. The van der Waals surface area contributed by atoms with Gasteiger partial charge in [0.2, 0.25) is 11.8 Å². The molecule has 3 aliphatic rings. The van der Waals surface area contributed by atoms with Gasteiger partial charge < -0.3 is 15.1 Å². The summed E-state index contributed by atoms with van der Waals surface area (Å²) in [5.74, 6) is 1.87. The zero-order valence-electron chi connectivity index (χ0n) is 21.0. The number of fused-ring (bicyclic) bond motifs is 1. The van der Waals surface area contributed by atoms with Crippen molar-refractivity contribution in [1.29, 1.82) is 0 Å². The molecule has 37 heavy (non-hydrogen) atoms. The number of hydrogen-bond acceptors (Lipinski definition) is 4. The van der Waals surface area contributed by atoms with Gasteiger partial charge in [-0.15, -0.1) is 6.42 Å². The fourth-order valence-corrected chi connectivity index (χ4v) is 4.97. The summed E-state index contributed by atoms with van der Waals surface area (Å²) in [6.45, 7) is 2.71. The summed E-state index contributed by atoms with van der Waals surface area (Å²) in [4.78, 5) is 43.3. The van der Waals surface area contributed by atoms with Crippen molar-refractivity contribution in [2.45, 2.75) is 44.9 Å². The van der Waals surface area contributed by atoms with Gasteiger partial charge in [-0.3, -0.25) is 9.59 Å². The number of terminal acetylenes is 1. The molecule has 2 atom stereocenters. The lowest BCUT2D eigenvalue weighted by Gasteiger charge is -2.54. The second kappa shape index (κ2) is 11.9. The lowest BCUT2D eigenvalue weighted by atomic mass is 10.0. The van der Waals surface area contributed by atoms with E-state index in [9.17, 15) is 18.8 Å². The number of amides is 4. The maximum atomic E-state index is 13.6. The molecule has 0 spiro atoms. The predicted molar refractivity (Wildman–Crippen MR) is 138 cm³/mol. The summed E-state index contributed by atoms with van der Waals surface area (Å²) in [6.07, 6.45) is 12.9. The molecule has 2 fully saturated rings. The summed E-state index contributed by atoms with van der Waals surface area (Å²) in [6, 6.07) is 8.46. The largest absolute Gasteiger partial charge is 0.337 e. The Morgan fingerprint density at radius 3 is 2.70 bits per heavy atom. The highest BCUT2D eigenvalue weighted by Gasteiger charge is 2.50. The molecule has 2 aliphatic heterocycles. The summed E-state index contributed by atoms with van der Waals surface area (Å²) >= 11 is 0. The van der Waals surface area contributed by atoms with E-state index in [4.69, 9.17) is 6.42 Å². The van der Waals surface area contributed by atoms with Crippen molar-refractivity contribution in [3.05, 3.63) is 71.6 Å². The summed E-state index contributed by atoms with van der Waals surface area (Å²) in [5, 5.41) is 6.00. The molecule has 1 unspecified atom stereocenters. The Morgan fingerprint density at radius 1 is 1.19 bits per heavy atom. The van der Waals surface area contributed by atoms with Crippen LogP contribution in [0, 0.1) is 12.3 Å². The zero-order chi connectivity index (χ0) is 26.4. The highest BCUT2D eigenvalue weighted by atomic mass is 19.1. The molecule has 1 aromatic carbocycles. The second-order valence-corrected chi connectivity index (χ2v) is 9.19. The Bertz CT molecular complexity index is 1160. The van der Waals surface area contributed by atoms with Crippen molar-refractivity contribution < 1.29 is 18.8 Å². The van der Waals surface area contributed by atoms with Gasteiger partial charge in [0, 0.05) is 13.1 Å². The van der Waals surface area contributed by atoms with Crippen LogP contribution in [0.3, 0.4) is 0 Å². The van der Waals surface area contributed by atoms with Crippen LogP contribution in [0.4, 0.5) is 9.18 Å². The van der Waals surface area contributed by atoms with Crippen molar-refractivity contribution in [2.75, 3.05) is 26.2 Å². The van der Waals surface area contributed by atoms with Crippen LogP contribution in [0.5, 0.6) is 0 Å². The Labute approximate surface area is 217 Å². The summed E-state index contributed by atoms with van der Waals surface area (Å²) in [5.41, 5.74) is 1.87. The van der Waals surface area contributed by atoms with E-state index in [1.165, 1.54) is 22.1 Å². The van der Waals surface area contributed by atoms with E-state index in [0.29, 0.717) is 32.4 Å². The molecule has 0 radical (unpaired) electrons. The number of hydrazine groups is 1. The molecule has 9 heteroatoms. The fraction of sp³-hybridized carbons (Fsp3) is 0.393. The molecular formula is C28H32FN5O3. The first-order valence-electron chi connectivity index (χ1n) is 12.5. The zero-order valence-corrected chi connectivity index (χ0v) is 21.0. The first-order valence-corrected chi connectivity index (χ1v) is 12.5. The number of halogens is 1. The van der Waals surface area contributed by atoms with Gasteiger partial charge in [0.25, 0.3) is 0 Å². The van der Waals surface area contributed by atoms with Gasteiger partial charge in [-0.25, -0.2) is 14.2 Å². The number of hydrogen-bond donors (Lipinski definition) is 1. The summed E-state index contributed by atoms with van der Waals surface area (Å²) < 4.78 is 13.6. The van der Waals surface area contributed by atoms with Gasteiger partial charge in [0.15, 0.2) is 0 Å². The number of allylic oxidation sites excluding steroid dienone is 5. The first-order chi connectivity index (χ1) is 17.9. The van der Waals surface area contributed by atoms with E-state index in [-0.39, 0.29) is 43.3 Å². The monoisotopic (exact) mass is 505 g/mol. The molecule has 1 aromatic rings. The fourth-order valence-electron chi connectivity index (χ4n) is 4.97. The van der Waals surface area contributed by atoms with Gasteiger partial charge in [0.05, 0.1) is 19.6 Å². The molecule has 1 aliphatic carbocycles. The molecule has 0 aromatic heterocycles. The van der Waals surface area contributed by atoms with Crippen molar-refractivity contribution in [3.8, 4) is 12.3 Å². The smallest absolute Gasteiger partial charge is 0.334 e. The minimum Gasteiger partial charge on any atom is -0.337 e. The maximum absolute atomic E-state index is 13.6. The van der Waals surface area contributed by atoms with Crippen LogP contribution in [0.25, 0.3) is 0 Å². The third kappa shape index (κ3) is 5.92. The van der Waals surface area contributed by atoms with Gasteiger partial charge in [-0.1, -0.05) is 55.3 Å². The molecule has 0 bridgehead atoms. The van der Waals surface area contributed by atoms with Crippen molar-refractivity contribution in [1.82, 2.24) is 25.1 Å². The average molecular weight is 506 g/mol. The number of rotatable bonds is 7. The van der Waals surface area contributed by atoms with E-state index >= 15 is 0 Å². The van der Waals surface area contributed by atoms with E-state index < -0.39 is 12.2 Å². The number of carbonyl (C=O) groups excluding carboxylic acids is 3. The standard InChI is InChI=1S/C28H32FN5O3/c1-3-16-32-20-26(35)33-24(4-2)27(36)31(17-15-21-11-8-12-23(29)14-13-21)19-25(33)34(32)28(37)30-18-22-9-6-5-7-10-22/h1,5-7,9-14,24-25H,4,8,15-20H2,2H3,(H,30,37)/t24?,25-/m0/s1. The van der Waals surface area contributed by atoms with Crippen LogP contribution >= 0.6 is 0 Å². The minimum absolute atomic E-state index is 0.0792. The van der Waals surface area contributed by atoms with Gasteiger partial charge in [-0.2, -0.15) is 5.01 Å². The average Bonchev–Trinajstić information content (AvgIpc) is 3.11. The molecule has 8 nitrogen and oxygen atoms in total. The van der Waals surface area contributed by atoms with E-state index in [1.807, 2.05) is 43.3 Å². The predicted octanol–water partition coefficient (Wildman–Crippen LogP) is 2.97. The van der Waals surface area contributed by atoms with Crippen LogP contribution in [-0.4, -0.2) is 76.0 Å². The summed E-state index contributed by atoms with van der Waals surface area (Å²) in [7, 11) is 0. The molecule has 2 saturated heterocycles. The molecule has 2 heterocycles. The normalized spacial score (nSPS) is 22.1. The number of nitrogens with one attached hydrogen (secondary N) is 1. The van der Waals surface area contributed by atoms with Crippen molar-refractivity contribution >= 4 is 17.8 Å². The molecule has 194 valence electrons. The lowest BCUT2D eigenvalue weighted by Crippen LogP contribution is -2.76. The van der Waals surface area contributed by atoms with Crippen molar-refractivity contribution in [3.63, 3.8) is 0 Å². The SMILES string of the molecule is C#CCN1CC(=O)N2C(CC)C(=O)N(CCC3=CCC=C(F)C=C3)C[C@@H]2N1C(=O)NCc1ccccc1. The Balaban J connectivity index is 1.56. The molecule has 4 amide bonds. The number of benzene rings is 1. The van der Waals surface area contributed by atoms with Crippen LogP contribution in [0.15, 0.2) is 66.0 Å². The van der Waals surface area contributed by atoms with Crippen LogP contribution in [0.1, 0.15) is 31.7 Å². The highest BCUT2D eigenvalue weighted by molar-refractivity contribution is 5.91. The van der Waals surface area contributed by atoms with Gasteiger partial charge in [-0.05, 0) is 42.6 Å². The van der Waals surface area contributed by atoms with Crippen LogP contribution in [-0.2, 0) is 16.1 Å². The Morgan fingerprint density at radius 2 is 1.97 bits per heavy atom. The third-order valence-corrected chi connectivity index (χ3v) is 6.81. The Hall–Kier alpha value is -3.90. The van der Waals surface area contributed by atoms with Crippen molar-refractivity contribution in [2.24, 2.45) is 0 Å². The highest BCUT2D eigenvalue weighted by Crippen LogP contribution is 2.28. The second-order valence-electron chi connectivity index (χ2n) is 9.19. The molecule has 1 N–H and O–H groups in total. The number of carbonyl (C=O) groups is 3. The number of nitrogens with zero attached hydrogens (tertiary/aromatic N) is 4. The maximum Gasteiger partial charge on any atom is 0.334 e. The van der Waals surface area contributed by atoms with E-state index in [1.54, 1.807) is 16.0 Å². The number of urea groups is 1. The van der Waals surface area contributed by atoms with Crippen LogP contribution < -0.4 is 5.32 Å². The topological polar surface area (TPSA) is 76.2 Å². The van der Waals surface area contributed by atoms with Gasteiger partial charge in [0.1, 0.15) is 18.0 Å². The lowest BCUT2D eigenvalue weighted by molar-refractivity contribution is -0.188. The van der Waals surface area contributed by atoms with E-state index in [0.717, 1.165) is 11.1 Å². The molecule has 4 rings (SSSR count). The third-order valence-electron chi connectivity index (χ3n) is 6.81. The number of piperazine rings is 1. The quantitative estimate of drug-likeness (QED) is 0.579. The molecule has 0 saturated carbocycles. The minimum atomic E-state index is -0.689.